The summed E-state index contributed by atoms with van der Waals surface area (Å²) in [5.74, 6) is 1.06. The highest BCUT2D eigenvalue weighted by Crippen LogP contribution is 2.40. The van der Waals surface area contributed by atoms with E-state index in [0.717, 1.165) is 25.1 Å². The molecule has 0 amide bonds. The lowest BCUT2D eigenvalue weighted by atomic mass is 9.93. The van der Waals surface area contributed by atoms with Crippen LogP contribution in [0.5, 0.6) is 5.75 Å². The number of rotatable bonds is 7. The third kappa shape index (κ3) is 5.90. The standard InChI is InChI=1S/C24H28ClFN5O4PS/c1-14-17-12-20(21(35-3)10-15(17)8-9-31(14)2)29-24-27-13-18(25)23(30-24)28-19-7-6-16(37(26,33)34)11-22(19)36(4,5)32/h6-7,10-14H,8-9H2,1-5H3,(H2,27,28,29,30). The van der Waals surface area contributed by atoms with Crippen LogP contribution in [-0.4, -0.2) is 57.3 Å². The second kappa shape index (κ2) is 10.2. The highest BCUT2D eigenvalue weighted by molar-refractivity contribution is 7.86. The molecular weight excluding hydrogens is 540 g/mol. The third-order valence-electron chi connectivity index (χ3n) is 6.38. The first kappa shape index (κ1) is 27.3. The largest absolute Gasteiger partial charge is 0.495 e. The van der Waals surface area contributed by atoms with Gasteiger partial charge in [0.2, 0.25) is 5.95 Å². The van der Waals surface area contributed by atoms with Crippen molar-refractivity contribution in [2.24, 2.45) is 0 Å². The summed E-state index contributed by atoms with van der Waals surface area (Å²) in [6.45, 7) is 6.02. The van der Waals surface area contributed by atoms with Gasteiger partial charge in [0.25, 0.3) is 0 Å². The molecule has 1 aromatic heterocycles. The lowest BCUT2D eigenvalue weighted by Gasteiger charge is -2.33. The van der Waals surface area contributed by atoms with Crippen LogP contribution in [-0.2, 0) is 21.2 Å². The van der Waals surface area contributed by atoms with E-state index in [9.17, 15) is 16.9 Å². The molecule has 0 radical (unpaired) electrons. The van der Waals surface area contributed by atoms with E-state index in [1.807, 2.05) is 12.1 Å². The van der Waals surface area contributed by atoms with Crippen LogP contribution in [0.1, 0.15) is 24.1 Å². The molecule has 1 atom stereocenters. The van der Waals surface area contributed by atoms with E-state index in [1.54, 1.807) is 7.11 Å². The van der Waals surface area contributed by atoms with Gasteiger partial charge < -0.3 is 19.9 Å². The van der Waals surface area contributed by atoms with Crippen molar-refractivity contribution < 1.29 is 21.6 Å². The smallest absolute Gasteiger partial charge is 0.332 e. The minimum absolute atomic E-state index is 0.143. The molecule has 13 heteroatoms. The molecule has 2 heterocycles. The number of fused-ring (bicyclic) bond motifs is 1. The topological polar surface area (TPSA) is 114 Å². The number of anilines is 4. The van der Waals surface area contributed by atoms with Crippen LogP contribution in [0.25, 0.3) is 0 Å². The second-order valence-corrected chi connectivity index (χ2v) is 14.2. The number of halogens is 2. The Morgan fingerprint density at radius 1 is 1.19 bits per heavy atom. The van der Waals surface area contributed by atoms with Gasteiger partial charge in [-0.25, -0.2) is 4.98 Å². The maximum atomic E-state index is 13.6. The van der Waals surface area contributed by atoms with Gasteiger partial charge in [-0.15, -0.1) is 3.89 Å². The third-order valence-corrected chi connectivity index (χ3v) is 9.00. The number of aromatic nitrogens is 2. The lowest BCUT2D eigenvalue weighted by Crippen LogP contribution is -2.30. The van der Waals surface area contributed by atoms with Crippen LogP contribution in [0.3, 0.4) is 0 Å². The van der Waals surface area contributed by atoms with Crippen LogP contribution < -0.4 is 20.7 Å². The lowest BCUT2D eigenvalue weighted by molar-refractivity contribution is 0.247. The molecule has 1 unspecified atom stereocenters. The Morgan fingerprint density at radius 2 is 1.92 bits per heavy atom. The number of nitrogens with zero attached hydrogens (tertiary/aromatic N) is 3. The fraction of sp³-hybridized carbons (Fsp3) is 0.333. The minimum Gasteiger partial charge on any atom is -0.495 e. The van der Waals surface area contributed by atoms with Crippen molar-refractivity contribution in [2.75, 3.05) is 44.7 Å². The Labute approximate surface area is 221 Å². The maximum Gasteiger partial charge on any atom is 0.332 e. The Kier molecular flexibility index (Phi) is 7.54. The fourth-order valence-electron chi connectivity index (χ4n) is 4.22. The Morgan fingerprint density at radius 3 is 2.57 bits per heavy atom. The molecule has 0 fully saturated rings. The molecule has 37 heavy (non-hydrogen) atoms. The SMILES string of the molecule is COc1cc2c(cc1Nc1ncc(Cl)c(Nc3ccc(S(=O)(=O)F)cc3P(C)(C)=O)n1)C(C)N(C)CC2. The van der Waals surface area contributed by atoms with Gasteiger partial charge in [0.1, 0.15) is 17.9 Å². The average Bonchev–Trinajstić information content (AvgIpc) is 2.82. The van der Waals surface area contributed by atoms with E-state index in [1.165, 1.54) is 36.7 Å². The van der Waals surface area contributed by atoms with Gasteiger partial charge in [-0.05, 0) is 75.2 Å². The normalized spacial score (nSPS) is 16.2. The number of nitrogens with one attached hydrogen (secondary N) is 2. The first-order valence-electron chi connectivity index (χ1n) is 11.4. The van der Waals surface area contributed by atoms with Crippen molar-refractivity contribution in [1.29, 1.82) is 0 Å². The van der Waals surface area contributed by atoms with Crippen LogP contribution in [0.4, 0.5) is 27.0 Å². The summed E-state index contributed by atoms with van der Waals surface area (Å²) in [7, 11) is -4.31. The number of benzene rings is 2. The van der Waals surface area contributed by atoms with Crippen molar-refractivity contribution >= 4 is 57.4 Å². The summed E-state index contributed by atoms with van der Waals surface area (Å²) in [6.07, 6.45) is 2.32. The predicted molar refractivity (Wildman–Crippen MR) is 145 cm³/mol. The van der Waals surface area contributed by atoms with Gasteiger partial charge in [-0.1, -0.05) is 11.6 Å². The second-order valence-electron chi connectivity index (χ2n) is 9.27. The first-order valence-corrected chi connectivity index (χ1v) is 15.8. The molecular formula is C24H28ClFN5O4PS. The number of likely N-dealkylation sites (N-methyl/N-ethyl adjacent to an activating group) is 1. The number of hydrogen-bond acceptors (Lipinski definition) is 9. The number of hydrogen-bond donors (Lipinski definition) is 2. The first-order chi connectivity index (χ1) is 17.3. The van der Waals surface area contributed by atoms with Gasteiger partial charge in [-0.2, -0.15) is 13.4 Å². The molecule has 0 saturated heterocycles. The molecule has 0 aliphatic carbocycles. The van der Waals surface area contributed by atoms with E-state index in [4.69, 9.17) is 16.3 Å². The van der Waals surface area contributed by atoms with Crippen molar-refractivity contribution in [2.45, 2.75) is 24.3 Å². The van der Waals surface area contributed by atoms with Gasteiger partial charge >= 0.3 is 10.2 Å². The molecule has 1 aliphatic heterocycles. The zero-order valence-electron chi connectivity index (χ0n) is 21.0. The summed E-state index contributed by atoms with van der Waals surface area (Å²) in [5, 5.41) is 6.50. The summed E-state index contributed by atoms with van der Waals surface area (Å²) < 4.78 is 54.9. The van der Waals surface area contributed by atoms with E-state index >= 15 is 0 Å². The number of ether oxygens (including phenoxy) is 1. The van der Waals surface area contributed by atoms with Crippen molar-refractivity contribution in [1.82, 2.24) is 14.9 Å². The van der Waals surface area contributed by atoms with E-state index in [2.05, 4.69) is 39.5 Å². The van der Waals surface area contributed by atoms with Crippen LogP contribution >= 0.6 is 18.7 Å². The summed E-state index contributed by atoms with van der Waals surface area (Å²) in [6, 6.07) is 7.75. The maximum absolute atomic E-state index is 13.6. The molecule has 0 bridgehead atoms. The quantitative estimate of drug-likeness (QED) is 0.298. The number of methoxy groups -OCH3 is 1. The Bertz CT molecular complexity index is 1520. The molecule has 0 saturated carbocycles. The summed E-state index contributed by atoms with van der Waals surface area (Å²) >= 11 is 6.34. The van der Waals surface area contributed by atoms with E-state index in [-0.39, 0.29) is 33.8 Å². The molecule has 2 N–H and O–H groups in total. The van der Waals surface area contributed by atoms with Gasteiger partial charge in [-0.3, -0.25) is 4.90 Å². The van der Waals surface area contributed by atoms with Gasteiger partial charge in [0, 0.05) is 17.9 Å². The molecule has 2 aromatic carbocycles. The van der Waals surface area contributed by atoms with Crippen LogP contribution in [0.2, 0.25) is 5.02 Å². The zero-order chi connectivity index (χ0) is 27.1. The van der Waals surface area contributed by atoms with Crippen molar-refractivity contribution in [3.05, 3.63) is 52.7 Å². The monoisotopic (exact) mass is 567 g/mol. The van der Waals surface area contributed by atoms with E-state index in [0.29, 0.717) is 11.4 Å². The molecule has 0 spiro atoms. The molecule has 9 nitrogen and oxygen atoms in total. The Balaban J connectivity index is 1.70. The van der Waals surface area contributed by atoms with Crippen molar-refractivity contribution in [3.8, 4) is 5.75 Å². The van der Waals surface area contributed by atoms with Crippen LogP contribution in [0.15, 0.2) is 41.4 Å². The van der Waals surface area contributed by atoms with Gasteiger partial charge in [0.15, 0.2) is 5.82 Å². The van der Waals surface area contributed by atoms with Crippen LogP contribution in [0, 0.1) is 0 Å². The highest BCUT2D eigenvalue weighted by atomic mass is 35.5. The molecule has 4 rings (SSSR count). The van der Waals surface area contributed by atoms with Gasteiger partial charge in [0.05, 0.1) is 29.6 Å². The molecule has 1 aliphatic rings. The predicted octanol–water partition coefficient (Wildman–Crippen LogP) is 5.08. The van der Waals surface area contributed by atoms with E-state index < -0.39 is 22.3 Å². The van der Waals surface area contributed by atoms with Crippen molar-refractivity contribution in [3.63, 3.8) is 0 Å². The molecule has 3 aromatic rings. The Hall–Kier alpha value is -2.72. The fourth-order valence-corrected chi connectivity index (χ4v) is 6.09. The average molecular weight is 568 g/mol. The minimum atomic E-state index is -4.97. The zero-order valence-corrected chi connectivity index (χ0v) is 23.5. The highest BCUT2D eigenvalue weighted by Gasteiger charge is 2.24. The summed E-state index contributed by atoms with van der Waals surface area (Å²) in [5.41, 5.74) is 3.37. The summed E-state index contributed by atoms with van der Waals surface area (Å²) in [4.78, 5) is 10.4. The molecule has 198 valence electrons.